The molecule has 0 amide bonds. The molecule has 1 heterocycles. The number of aliphatic hydroxyl groups is 1. The average molecular weight is 216 g/mol. The number of carbonyl (C=O) groups is 2. The molecule has 5 nitrogen and oxygen atoms in total. The zero-order valence-corrected chi connectivity index (χ0v) is 8.84. The van der Waals surface area contributed by atoms with Crippen molar-refractivity contribution in [1.29, 1.82) is 0 Å². The van der Waals surface area contributed by atoms with Crippen LogP contribution in [0, 0.1) is 5.92 Å². The van der Waals surface area contributed by atoms with Crippen LogP contribution in [0.4, 0.5) is 0 Å². The van der Waals surface area contributed by atoms with Gasteiger partial charge in [0.2, 0.25) is 0 Å². The van der Waals surface area contributed by atoms with Crippen molar-refractivity contribution in [3.8, 4) is 0 Å². The molecule has 0 bridgehead atoms. The fourth-order valence-electron chi connectivity index (χ4n) is 1.71. The van der Waals surface area contributed by atoms with Crippen LogP contribution in [0.15, 0.2) is 0 Å². The van der Waals surface area contributed by atoms with Gasteiger partial charge in [0.25, 0.3) is 0 Å². The molecule has 0 unspecified atom stereocenters. The number of Topliss-reactive ketones (excluding diaryl/α,β-unsaturated/α-hetero) is 1. The van der Waals surface area contributed by atoms with E-state index >= 15 is 0 Å². The molecule has 0 radical (unpaired) electrons. The summed E-state index contributed by atoms with van der Waals surface area (Å²) in [6.45, 7) is 3.65. The van der Waals surface area contributed by atoms with E-state index in [9.17, 15) is 14.7 Å². The van der Waals surface area contributed by atoms with E-state index in [0.29, 0.717) is 0 Å². The first kappa shape index (κ1) is 12.1. The summed E-state index contributed by atoms with van der Waals surface area (Å²) >= 11 is 0. The fourth-order valence-corrected chi connectivity index (χ4v) is 1.71. The number of hydrogen-bond donors (Lipinski definition) is 2. The first-order valence-corrected chi connectivity index (χ1v) is 5.00. The third-order valence-electron chi connectivity index (χ3n) is 2.48. The van der Waals surface area contributed by atoms with Gasteiger partial charge < -0.3 is 14.9 Å². The van der Waals surface area contributed by atoms with E-state index in [1.807, 2.05) is 13.8 Å². The number of aliphatic hydroxyl groups excluding tert-OH is 1. The smallest absolute Gasteiger partial charge is 0.305 e. The second-order valence-corrected chi connectivity index (χ2v) is 4.18. The Balaban J connectivity index is 2.66. The van der Waals surface area contributed by atoms with Gasteiger partial charge in [0, 0.05) is 6.42 Å². The topological polar surface area (TPSA) is 83.8 Å². The predicted octanol–water partition coefficient (Wildman–Crippen LogP) is 0.205. The maximum Gasteiger partial charge on any atom is 0.305 e. The van der Waals surface area contributed by atoms with Crippen LogP contribution in [0.2, 0.25) is 0 Å². The molecular formula is C10H16O5. The molecule has 1 fully saturated rings. The molecule has 15 heavy (non-hydrogen) atoms. The van der Waals surface area contributed by atoms with Gasteiger partial charge in [0.05, 0.1) is 18.6 Å². The molecule has 0 aliphatic carbocycles. The molecule has 0 aromatic rings. The maximum atomic E-state index is 11.4. The second kappa shape index (κ2) is 4.72. The highest BCUT2D eigenvalue weighted by Gasteiger charge is 2.38. The van der Waals surface area contributed by atoms with E-state index in [1.54, 1.807) is 0 Å². The van der Waals surface area contributed by atoms with E-state index in [1.165, 1.54) is 0 Å². The lowest BCUT2D eigenvalue weighted by Gasteiger charge is -2.34. The average Bonchev–Trinajstić information content (AvgIpc) is 2.09. The third kappa shape index (κ3) is 3.00. The van der Waals surface area contributed by atoms with Crippen molar-refractivity contribution in [2.24, 2.45) is 5.92 Å². The number of carboxylic acids is 1. The number of hydrogen-bond acceptors (Lipinski definition) is 4. The Bertz CT molecular complexity index is 261. The van der Waals surface area contributed by atoms with Gasteiger partial charge >= 0.3 is 5.97 Å². The van der Waals surface area contributed by atoms with Crippen molar-refractivity contribution in [3.05, 3.63) is 0 Å². The second-order valence-electron chi connectivity index (χ2n) is 4.18. The van der Waals surface area contributed by atoms with Gasteiger partial charge in [-0.1, -0.05) is 13.8 Å². The van der Waals surface area contributed by atoms with E-state index in [2.05, 4.69) is 0 Å². The van der Waals surface area contributed by atoms with Crippen molar-refractivity contribution >= 4 is 11.8 Å². The largest absolute Gasteiger partial charge is 0.481 e. The lowest BCUT2D eigenvalue weighted by molar-refractivity contribution is -0.168. The summed E-state index contributed by atoms with van der Waals surface area (Å²) in [6, 6.07) is 0. The zero-order chi connectivity index (χ0) is 11.6. The van der Waals surface area contributed by atoms with Gasteiger partial charge in [-0.15, -0.1) is 0 Å². The summed E-state index contributed by atoms with van der Waals surface area (Å²) in [5.41, 5.74) is 0. The van der Waals surface area contributed by atoms with Crippen LogP contribution in [-0.4, -0.2) is 40.3 Å². The van der Waals surface area contributed by atoms with Gasteiger partial charge in [-0.2, -0.15) is 0 Å². The van der Waals surface area contributed by atoms with Crippen LogP contribution in [0.25, 0.3) is 0 Å². The first-order chi connectivity index (χ1) is 6.91. The Morgan fingerprint density at radius 1 is 1.60 bits per heavy atom. The van der Waals surface area contributed by atoms with E-state index in [0.717, 1.165) is 0 Å². The highest BCUT2D eigenvalue weighted by atomic mass is 16.5. The molecule has 0 spiro atoms. The van der Waals surface area contributed by atoms with Gasteiger partial charge in [0.15, 0.2) is 5.78 Å². The number of ether oxygens (including phenoxy) is 1. The summed E-state index contributed by atoms with van der Waals surface area (Å²) in [4.78, 5) is 21.9. The maximum absolute atomic E-state index is 11.4. The van der Waals surface area contributed by atoms with Crippen LogP contribution in [0.5, 0.6) is 0 Å². The van der Waals surface area contributed by atoms with Crippen LogP contribution in [0.3, 0.4) is 0 Å². The lowest BCUT2D eigenvalue weighted by atomic mass is 9.92. The molecule has 0 saturated carbocycles. The van der Waals surface area contributed by atoms with Gasteiger partial charge in [-0.05, 0) is 5.92 Å². The van der Waals surface area contributed by atoms with Crippen LogP contribution >= 0.6 is 0 Å². The number of carbonyl (C=O) groups excluding carboxylic acids is 1. The molecule has 0 aromatic heterocycles. The third-order valence-corrected chi connectivity index (χ3v) is 2.48. The van der Waals surface area contributed by atoms with Gasteiger partial charge in [-0.3, -0.25) is 9.59 Å². The molecule has 0 aromatic carbocycles. The number of aliphatic carboxylic acids is 1. The minimum Gasteiger partial charge on any atom is -0.481 e. The molecule has 5 heteroatoms. The molecule has 1 aliphatic rings. The SMILES string of the molecule is CC(C)[C@@H]1O[C@H](CC(=O)O)CC(=O)[C@H]1O. The molecule has 1 saturated heterocycles. The molecule has 1 rings (SSSR count). The predicted molar refractivity (Wildman–Crippen MR) is 51.4 cm³/mol. The van der Waals surface area contributed by atoms with Crippen molar-refractivity contribution in [3.63, 3.8) is 0 Å². The van der Waals surface area contributed by atoms with Crippen LogP contribution in [-0.2, 0) is 14.3 Å². The fraction of sp³-hybridized carbons (Fsp3) is 0.800. The Labute approximate surface area is 88.0 Å². The minimum atomic E-state index is -1.12. The van der Waals surface area contributed by atoms with Crippen LogP contribution < -0.4 is 0 Å². The van der Waals surface area contributed by atoms with Crippen LogP contribution in [0.1, 0.15) is 26.7 Å². The summed E-state index contributed by atoms with van der Waals surface area (Å²) in [5.74, 6) is -1.33. The highest BCUT2D eigenvalue weighted by molar-refractivity contribution is 5.85. The summed E-state index contributed by atoms with van der Waals surface area (Å²) in [6.07, 6.45) is -2.52. The first-order valence-electron chi connectivity index (χ1n) is 5.00. The highest BCUT2D eigenvalue weighted by Crippen LogP contribution is 2.24. The summed E-state index contributed by atoms with van der Waals surface area (Å²) in [5, 5.41) is 18.1. The Morgan fingerprint density at radius 3 is 2.67 bits per heavy atom. The number of ketones is 1. The normalized spacial score (nSPS) is 32.0. The van der Waals surface area contributed by atoms with E-state index < -0.39 is 24.3 Å². The van der Waals surface area contributed by atoms with Crippen molar-refractivity contribution in [2.75, 3.05) is 0 Å². The summed E-state index contributed by atoms with van der Waals surface area (Å²) in [7, 11) is 0. The van der Waals surface area contributed by atoms with Gasteiger partial charge in [-0.25, -0.2) is 0 Å². The molecule has 2 N–H and O–H groups in total. The minimum absolute atomic E-state index is 0.0134. The summed E-state index contributed by atoms with van der Waals surface area (Å²) < 4.78 is 5.39. The van der Waals surface area contributed by atoms with Crippen molar-refractivity contribution in [1.82, 2.24) is 0 Å². The standard InChI is InChI=1S/C10H16O5/c1-5(2)10-9(14)7(11)3-6(15-10)4-8(12)13/h5-6,9-10,14H,3-4H2,1-2H3,(H,12,13)/t6-,9+,10-/m0/s1. The molecular weight excluding hydrogens is 200 g/mol. The molecule has 3 atom stereocenters. The zero-order valence-electron chi connectivity index (χ0n) is 8.84. The quantitative estimate of drug-likeness (QED) is 0.704. The van der Waals surface area contributed by atoms with Crippen molar-refractivity contribution in [2.45, 2.75) is 45.0 Å². The lowest BCUT2D eigenvalue weighted by Crippen LogP contribution is -2.48. The molecule has 1 aliphatic heterocycles. The monoisotopic (exact) mass is 216 g/mol. The number of carboxylic acid groups (broad SMARTS) is 1. The van der Waals surface area contributed by atoms with Gasteiger partial charge in [0.1, 0.15) is 6.10 Å². The van der Waals surface area contributed by atoms with Crippen molar-refractivity contribution < 1.29 is 24.5 Å². The Kier molecular flexibility index (Phi) is 3.82. The Hall–Kier alpha value is -0.940. The van der Waals surface area contributed by atoms with E-state index in [4.69, 9.17) is 9.84 Å². The Morgan fingerprint density at radius 2 is 2.20 bits per heavy atom. The van der Waals surface area contributed by atoms with E-state index in [-0.39, 0.29) is 24.5 Å². The number of rotatable bonds is 3. The molecule has 86 valence electrons.